The van der Waals surface area contributed by atoms with Crippen molar-refractivity contribution in [2.75, 3.05) is 0 Å². The maximum absolute atomic E-state index is 8.56. The Kier molecular flexibility index (Phi) is 24.5. The van der Waals surface area contributed by atoms with Crippen molar-refractivity contribution in [2.45, 2.75) is 41.5 Å². The Morgan fingerprint density at radius 2 is 1.24 bits per heavy atom. The highest BCUT2D eigenvalue weighted by Crippen LogP contribution is 2.24. The van der Waals surface area contributed by atoms with Gasteiger partial charge in [-0.25, -0.2) is 9.59 Å². The number of pyridine rings is 1. The first-order chi connectivity index (χ1) is 12.7. The first-order valence-corrected chi connectivity index (χ1v) is 9.40. The zero-order valence-electron chi connectivity index (χ0n) is 17.6. The molecule has 0 radical (unpaired) electrons. The van der Waals surface area contributed by atoms with Crippen molar-refractivity contribution in [2.24, 2.45) is 11.8 Å². The van der Waals surface area contributed by atoms with Crippen molar-refractivity contribution < 1.29 is 30.0 Å². The Bertz CT molecular complexity index is 668. The molecule has 0 fully saturated rings. The predicted molar refractivity (Wildman–Crippen MR) is 122 cm³/mol. The first kappa shape index (κ1) is 34.4. The van der Waals surface area contributed by atoms with E-state index in [4.69, 9.17) is 41.6 Å². The van der Waals surface area contributed by atoms with Crippen molar-refractivity contribution in [3.8, 4) is 0 Å². The van der Waals surface area contributed by atoms with Crippen molar-refractivity contribution in [1.82, 2.24) is 11.1 Å². The molecular formula is C19H32BrClN2O6. The molecule has 29 heavy (non-hydrogen) atoms. The fourth-order valence-corrected chi connectivity index (χ4v) is 1.77. The minimum atomic E-state index is -1.83. The standard InChI is InChI=1S/C9H5BrClN.2C4H10.2CH2O3.H3N/c10-9-5-12-4-6-3-7(11)1-2-8(6)9;2*1-4(2)3;2*2-1(3)4;/h1-5H;2*4H,1-3H3;2*(H2,2,3,4);1H3. The van der Waals surface area contributed by atoms with Crippen LogP contribution in [-0.2, 0) is 0 Å². The molecule has 2 rings (SSSR count). The number of nitrogens with zero attached hydrogens (tertiary/aromatic N) is 1. The fourth-order valence-electron chi connectivity index (χ4n) is 1.11. The fraction of sp³-hybridized carbons (Fsp3) is 0.421. The normalized spacial score (nSPS) is 8.48. The highest BCUT2D eigenvalue weighted by molar-refractivity contribution is 9.10. The van der Waals surface area contributed by atoms with E-state index in [1.165, 1.54) is 0 Å². The van der Waals surface area contributed by atoms with Gasteiger partial charge in [0.25, 0.3) is 0 Å². The van der Waals surface area contributed by atoms with Crippen molar-refractivity contribution in [1.29, 1.82) is 0 Å². The number of carbonyl (C=O) groups is 2. The predicted octanol–water partition coefficient (Wildman–Crippen LogP) is 7.58. The maximum Gasteiger partial charge on any atom is 0.503 e. The summed E-state index contributed by atoms with van der Waals surface area (Å²) >= 11 is 9.24. The summed E-state index contributed by atoms with van der Waals surface area (Å²) in [4.78, 5) is 21.2. The molecule has 0 aliphatic rings. The molecule has 0 aliphatic heterocycles. The van der Waals surface area contributed by atoms with E-state index in [-0.39, 0.29) is 6.15 Å². The van der Waals surface area contributed by atoms with Gasteiger partial charge in [-0.1, -0.05) is 59.2 Å². The van der Waals surface area contributed by atoms with Crippen LogP contribution in [0.15, 0.2) is 35.1 Å². The molecule has 1 heterocycles. The average Bonchev–Trinajstić information content (AvgIpc) is 2.44. The average molecular weight is 500 g/mol. The number of halogens is 2. The number of fused-ring (bicyclic) bond motifs is 1. The maximum atomic E-state index is 8.56. The third kappa shape index (κ3) is 33.9. The lowest BCUT2D eigenvalue weighted by atomic mass is 10.2. The summed E-state index contributed by atoms with van der Waals surface area (Å²) in [6, 6.07) is 5.74. The number of rotatable bonds is 0. The quantitative estimate of drug-likeness (QED) is 0.247. The van der Waals surface area contributed by atoms with Gasteiger partial charge in [-0.2, -0.15) is 0 Å². The Morgan fingerprint density at radius 1 is 0.897 bits per heavy atom. The van der Waals surface area contributed by atoms with Crippen LogP contribution in [0.2, 0.25) is 5.02 Å². The monoisotopic (exact) mass is 498 g/mol. The molecule has 0 spiro atoms. The second-order valence-corrected chi connectivity index (χ2v) is 7.81. The van der Waals surface area contributed by atoms with Crippen LogP contribution in [0.25, 0.3) is 10.8 Å². The summed E-state index contributed by atoms with van der Waals surface area (Å²) in [5.74, 6) is 1.67. The zero-order valence-corrected chi connectivity index (χ0v) is 19.9. The third-order valence-electron chi connectivity index (χ3n) is 1.67. The summed E-state index contributed by atoms with van der Waals surface area (Å²) in [6.45, 7) is 13.0. The highest BCUT2D eigenvalue weighted by Gasteiger charge is 1.98. The lowest BCUT2D eigenvalue weighted by Gasteiger charge is -1.98. The van der Waals surface area contributed by atoms with Crippen LogP contribution in [0.4, 0.5) is 9.59 Å². The number of hydrogen-bond acceptors (Lipinski definition) is 4. The van der Waals surface area contributed by atoms with Gasteiger partial charge in [-0.3, -0.25) is 4.98 Å². The minimum Gasteiger partial charge on any atom is -0.450 e. The largest absolute Gasteiger partial charge is 0.503 e. The summed E-state index contributed by atoms with van der Waals surface area (Å²) in [6.07, 6.45) is -0.0950. The summed E-state index contributed by atoms with van der Waals surface area (Å²) < 4.78 is 0.997. The van der Waals surface area contributed by atoms with Gasteiger partial charge in [0.1, 0.15) is 0 Å². The molecule has 168 valence electrons. The minimum absolute atomic E-state index is 0. The second kappa shape index (κ2) is 20.6. The number of benzene rings is 1. The van der Waals surface area contributed by atoms with Gasteiger partial charge in [-0.15, -0.1) is 0 Å². The SMILES string of the molecule is CC(C)C.CC(C)C.Clc1ccc2c(Br)cncc2c1.N.O=C(O)O.O=C(O)O. The van der Waals surface area contributed by atoms with Crippen LogP contribution < -0.4 is 6.15 Å². The molecule has 1 aromatic carbocycles. The van der Waals surface area contributed by atoms with Gasteiger partial charge in [0.05, 0.1) is 0 Å². The van der Waals surface area contributed by atoms with Crippen LogP contribution in [0.1, 0.15) is 41.5 Å². The van der Waals surface area contributed by atoms with Crippen LogP contribution in [0.5, 0.6) is 0 Å². The van der Waals surface area contributed by atoms with Gasteiger partial charge in [0, 0.05) is 27.3 Å². The molecule has 7 N–H and O–H groups in total. The van der Waals surface area contributed by atoms with Crippen LogP contribution in [-0.4, -0.2) is 37.7 Å². The lowest BCUT2D eigenvalue weighted by molar-refractivity contribution is 0.135. The molecule has 0 unspecified atom stereocenters. The molecule has 0 aliphatic carbocycles. The van der Waals surface area contributed by atoms with E-state index in [9.17, 15) is 0 Å². The molecule has 0 saturated heterocycles. The van der Waals surface area contributed by atoms with Gasteiger partial charge in [-0.05, 0) is 45.3 Å². The smallest absolute Gasteiger partial charge is 0.450 e. The number of aromatic nitrogens is 1. The third-order valence-corrected chi connectivity index (χ3v) is 2.54. The topological polar surface area (TPSA) is 163 Å². The van der Waals surface area contributed by atoms with Crippen molar-refractivity contribution in [3.63, 3.8) is 0 Å². The lowest BCUT2D eigenvalue weighted by Crippen LogP contribution is -1.81. The van der Waals surface area contributed by atoms with E-state index in [0.29, 0.717) is 0 Å². The van der Waals surface area contributed by atoms with Gasteiger partial charge < -0.3 is 26.6 Å². The Hall–Kier alpha value is -2.10. The first-order valence-electron chi connectivity index (χ1n) is 8.23. The van der Waals surface area contributed by atoms with Gasteiger partial charge >= 0.3 is 12.3 Å². The van der Waals surface area contributed by atoms with E-state index in [1.54, 1.807) is 12.4 Å². The Labute approximate surface area is 185 Å². The Balaban J connectivity index is -0.000000156. The van der Waals surface area contributed by atoms with Gasteiger partial charge in [0.2, 0.25) is 0 Å². The van der Waals surface area contributed by atoms with E-state index in [2.05, 4.69) is 62.5 Å². The van der Waals surface area contributed by atoms with Crippen LogP contribution in [0.3, 0.4) is 0 Å². The van der Waals surface area contributed by atoms with Crippen molar-refractivity contribution in [3.05, 3.63) is 40.1 Å². The molecule has 0 amide bonds. The van der Waals surface area contributed by atoms with Crippen LogP contribution >= 0.6 is 27.5 Å². The van der Waals surface area contributed by atoms with E-state index < -0.39 is 12.3 Å². The number of carboxylic acid groups (broad SMARTS) is 4. The molecule has 10 heteroatoms. The number of hydrogen-bond donors (Lipinski definition) is 5. The molecule has 1 aromatic heterocycles. The molecule has 0 atom stereocenters. The van der Waals surface area contributed by atoms with Gasteiger partial charge in [0.15, 0.2) is 0 Å². The summed E-state index contributed by atoms with van der Waals surface area (Å²) in [5, 5.41) is 30.8. The second-order valence-electron chi connectivity index (χ2n) is 6.52. The molecular weight excluding hydrogens is 468 g/mol. The summed E-state index contributed by atoms with van der Waals surface area (Å²) in [7, 11) is 0. The molecule has 8 nitrogen and oxygen atoms in total. The molecule has 2 aromatic rings. The van der Waals surface area contributed by atoms with E-state index in [1.807, 2.05) is 18.2 Å². The van der Waals surface area contributed by atoms with Crippen LogP contribution in [0, 0.1) is 11.8 Å². The molecule has 0 saturated carbocycles. The van der Waals surface area contributed by atoms with E-state index >= 15 is 0 Å². The highest BCUT2D eigenvalue weighted by atomic mass is 79.9. The van der Waals surface area contributed by atoms with Crippen molar-refractivity contribution >= 4 is 50.6 Å². The molecule has 0 bridgehead atoms. The van der Waals surface area contributed by atoms with E-state index in [0.717, 1.165) is 32.1 Å². The summed E-state index contributed by atoms with van der Waals surface area (Å²) in [5.41, 5.74) is 0. The Morgan fingerprint density at radius 3 is 1.59 bits per heavy atom. The zero-order chi connectivity index (χ0) is 22.9.